The lowest BCUT2D eigenvalue weighted by Crippen LogP contribution is -2.15. The number of nitrogens with one attached hydrogen (secondary N) is 1. The summed E-state index contributed by atoms with van der Waals surface area (Å²) in [6, 6.07) is 5.66. The third-order valence-electron chi connectivity index (χ3n) is 2.84. The molecule has 0 saturated carbocycles. The largest absolute Gasteiger partial charge is 0.323 e. The Morgan fingerprint density at radius 3 is 3.09 bits per heavy atom. The molecule has 0 aliphatic carbocycles. The molecule has 0 bridgehead atoms. The van der Waals surface area contributed by atoms with Crippen molar-refractivity contribution in [2.24, 2.45) is 0 Å². The van der Waals surface area contributed by atoms with E-state index >= 15 is 0 Å². The fraction of sp³-hybridized carbons (Fsp3) is 0.333. The summed E-state index contributed by atoms with van der Waals surface area (Å²) < 4.78 is 10.0. The molecule has 1 N–H and O–H groups in total. The predicted molar refractivity (Wildman–Crippen MR) is 85.0 cm³/mol. The van der Waals surface area contributed by atoms with Crippen molar-refractivity contribution in [2.75, 3.05) is 11.1 Å². The molecule has 22 heavy (non-hydrogen) atoms. The van der Waals surface area contributed by atoms with Crippen LogP contribution in [0.25, 0.3) is 11.0 Å². The summed E-state index contributed by atoms with van der Waals surface area (Å²) in [7, 11) is 0. The average molecular weight is 335 g/mol. The molecule has 0 unspecified atom stereocenters. The second-order valence-electron chi connectivity index (χ2n) is 4.77. The molecule has 0 spiro atoms. The maximum Gasteiger partial charge on any atom is 0.234 e. The quantitative estimate of drug-likeness (QED) is 0.712. The third kappa shape index (κ3) is 3.07. The zero-order valence-electron chi connectivity index (χ0n) is 11.9. The normalized spacial score (nSPS) is 11.2. The number of aromatic nitrogens is 6. The zero-order valence-corrected chi connectivity index (χ0v) is 13.6. The minimum absolute atomic E-state index is 0.135. The van der Waals surface area contributed by atoms with Gasteiger partial charge in [-0.05, 0) is 36.4 Å². The maximum absolute atomic E-state index is 12.1. The van der Waals surface area contributed by atoms with Crippen LogP contribution in [0, 0.1) is 0 Å². The highest BCUT2D eigenvalue weighted by molar-refractivity contribution is 7.99. The SMILES string of the molecule is CC(C)n1nnnc1SCC(=O)Nc1cccc2nsnc12. The number of hydrogen-bond acceptors (Lipinski definition) is 8. The maximum atomic E-state index is 12.1. The molecule has 8 nitrogen and oxygen atoms in total. The van der Waals surface area contributed by atoms with E-state index in [0.29, 0.717) is 16.4 Å². The standard InChI is InChI=1S/C12H13N7OS2/c1-7(2)19-12(14-17-18-19)21-6-10(20)13-8-4-3-5-9-11(8)16-22-15-9/h3-5,7H,6H2,1-2H3,(H,13,20). The van der Waals surface area contributed by atoms with Crippen LogP contribution in [-0.2, 0) is 4.79 Å². The van der Waals surface area contributed by atoms with Crippen molar-refractivity contribution in [3.63, 3.8) is 0 Å². The molecule has 2 aromatic heterocycles. The van der Waals surface area contributed by atoms with Gasteiger partial charge in [0.25, 0.3) is 0 Å². The highest BCUT2D eigenvalue weighted by Gasteiger charge is 2.13. The summed E-state index contributed by atoms with van der Waals surface area (Å²) in [6.07, 6.45) is 0. The molecule has 0 aliphatic heterocycles. The Hall–Kier alpha value is -2.07. The van der Waals surface area contributed by atoms with Gasteiger partial charge in [-0.3, -0.25) is 4.79 Å². The van der Waals surface area contributed by atoms with E-state index in [-0.39, 0.29) is 17.7 Å². The van der Waals surface area contributed by atoms with Gasteiger partial charge in [-0.1, -0.05) is 17.8 Å². The summed E-state index contributed by atoms with van der Waals surface area (Å²) >= 11 is 2.42. The molecular weight excluding hydrogens is 322 g/mol. The van der Waals surface area contributed by atoms with Crippen molar-refractivity contribution in [1.82, 2.24) is 29.0 Å². The smallest absolute Gasteiger partial charge is 0.234 e. The Bertz CT molecular complexity index is 797. The number of carbonyl (C=O) groups excluding carboxylic acids is 1. The molecule has 0 radical (unpaired) electrons. The number of tetrazole rings is 1. The first-order valence-electron chi connectivity index (χ1n) is 6.57. The van der Waals surface area contributed by atoms with E-state index < -0.39 is 0 Å². The molecule has 3 aromatic rings. The highest BCUT2D eigenvalue weighted by Crippen LogP contribution is 2.22. The monoisotopic (exact) mass is 335 g/mol. The number of nitrogens with zero attached hydrogens (tertiary/aromatic N) is 6. The van der Waals surface area contributed by atoms with Gasteiger partial charge in [0, 0.05) is 0 Å². The number of fused-ring (bicyclic) bond motifs is 1. The van der Waals surface area contributed by atoms with Crippen LogP contribution in [0.3, 0.4) is 0 Å². The number of thioether (sulfide) groups is 1. The van der Waals surface area contributed by atoms with Gasteiger partial charge in [0.1, 0.15) is 11.0 Å². The second kappa shape index (κ2) is 6.36. The first kappa shape index (κ1) is 14.9. The van der Waals surface area contributed by atoms with Crippen molar-refractivity contribution in [2.45, 2.75) is 25.0 Å². The van der Waals surface area contributed by atoms with E-state index in [4.69, 9.17) is 0 Å². The van der Waals surface area contributed by atoms with Crippen LogP contribution >= 0.6 is 23.5 Å². The summed E-state index contributed by atoms with van der Waals surface area (Å²) in [6.45, 7) is 3.97. The molecule has 10 heteroatoms. The van der Waals surface area contributed by atoms with Gasteiger partial charge >= 0.3 is 0 Å². The van der Waals surface area contributed by atoms with Crippen molar-refractivity contribution in [3.05, 3.63) is 18.2 Å². The topological polar surface area (TPSA) is 98.5 Å². The van der Waals surface area contributed by atoms with Crippen LogP contribution in [0.15, 0.2) is 23.4 Å². The van der Waals surface area contributed by atoms with E-state index in [0.717, 1.165) is 17.2 Å². The molecule has 3 rings (SSSR count). The second-order valence-corrected chi connectivity index (χ2v) is 6.25. The van der Waals surface area contributed by atoms with Gasteiger partial charge in [0.2, 0.25) is 11.1 Å². The van der Waals surface area contributed by atoms with Crippen LogP contribution in [0.5, 0.6) is 0 Å². The Morgan fingerprint density at radius 2 is 2.27 bits per heavy atom. The van der Waals surface area contributed by atoms with Gasteiger partial charge in [-0.2, -0.15) is 8.75 Å². The number of amides is 1. The lowest BCUT2D eigenvalue weighted by atomic mass is 10.2. The Labute approximate surface area is 134 Å². The summed E-state index contributed by atoms with van der Waals surface area (Å²) in [5.74, 6) is 0.0879. The zero-order chi connectivity index (χ0) is 15.5. The van der Waals surface area contributed by atoms with Gasteiger partial charge in [-0.25, -0.2) is 4.68 Å². The van der Waals surface area contributed by atoms with Gasteiger partial charge in [0.05, 0.1) is 29.2 Å². The number of benzene rings is 1. The van der Waals surface area contributed by atoms with Crippen LogP contribution in [-0.4, -0.2) is 40.6 Å². The van der Waals surface area contributed by atoms with Crippen LogP contribution in [0.1, 0.15) is 19.9 Å². The van der Waals surface area contributed by atoms with E-state index in [1.165, 1.54) is 11.8 Å². The van der Waals surface area contributed by atoms with Crippen molar-refractivity contribution in [1.29, 1.82) is 0 Å². The minimum atomic E-state index is -0.135. The molecule has 1 aromatic carbocycles. The van der Waals surface area contributed by atoms with Crippen LogP contribution in [0.4, 0.5) is 5.69 Å². The fourth-order valence-electron chi connectivity index (χ4n) is 1.83. The number of carbonyl (C=O) groups is 1. The van der Waals surface area contributed by atoms with E-state index in [9.17, 15) is 4.79 Å². The van der Waals surface area contributed by atoms with Crippen LogP contribution < -0.4 is 5.32 Å². The summed E-state index contributed by atoms with van der Waals surface area (Å²) in [4.78, 5) is 12.1. The molecule has 2 heterocycles. The van der Waals surface area contributed by atoms with E-state index in [2.05, 4.69) is 29.6 Å². The molecule has 0 fully saturated rings. The summed E-state index contributed by atoms with van der Waals surface area (Å²) in [5.41, 5.74) is 2.15. The molecule has 1 amide bonds. The highest BCUT2D eigenvalue weighted by atomic mass is 32.2. The van der Waals surface area contributed by atoms with E-state index in [1.54, 1.807) is 4.68 Å². The number of hydrogen-bond donors (Lipinski definition) is 1. The first-order valence-corrected chi connectivity index (χ1v) is 8.28. The van der Waals surface area contributed by atoms with E-state index in [1.807, 2.05) is 32.0 Å². The lowest BCUT2D eigenvalue weighted by molar-refractivity contribution is -0.113. The molecule has 0 saturated heterocycles. The Morgan fingerprint density at radius 1 is 1.41 bits per heavy atom. The first-order chi connectivity index (χ1) is 10.6. The summed E-state index contributed by atoms with van der Waals surface area (Å²) in [5, 5.41) is 14.9. The fourth-order valence-corrected chi connectivity index (χ4v) is 3.18. The van der Waals surface area contributed by atoms with Crippen molar-refractivity contribution in [3.8, 4) is 0 Å². The van der Waals surface area contributed by atoms with Gasteiger partial charge in [0.15, 0.2) is 0 Å². The van der Waals surface area contributed by atoms with Gasteiger partial charge < -0.3 is 5.32 Å². The lowest BCUT2D eigenvalue weighted by Gasteiger charge is -2.07. The third-order valence-corrected chi connectivity index (χ3v) is 4.32. The molecule has 0 aliphatic rings. The average Bonchev–Trinajstić information content (AvgIpc) is 3.14. The van der Waals surface area contributed by atoms with Gasteiger partial charge in [-0.15, -0.1) is 5.10 Å². The number of rotatable bonds is 5. The molecule has 114 valence electrons. The predicted octanol–water partition coefficient (Wildman–Crippen LogP) is 1.99. The minimum Gasteiger partial charge on any atom is -0.323 e. The Balaban J connectivity index is 1.65. The Kier molecular flexibility index (Phi) is 4.29. The van der Waals surface area contributed by atoms with Crippen molar-refractivity contribution >= 4 is 46.1 Å². The number of anilines is 1. The molecule has 0 atom stereocenters. The van der Waals surface area contributed by atoms with Crippen LogP contribution in [0.2, 0.25) is 0 Å². The molecular formula is C12H13N7OS2. The van der Waals surface area contributed by atoms with Crippen molar-refractivity contribution < 1.29 is 4.79 Å².